The van der Waals surface area contributed by atoms with Crippen molar-refractivity contribution in [3.05, 3.63) is 225 Å². The number of fused-ring (bicyclic) bond motifs is 4. The lowest BCUT2D eigenvalue weighted by molar-refractivity contribution is 0.0426. The van der Waals surface area contributed by atoms with Crippen LogP contribution in [0.5, 0.6) is 11.5 Å². The molecule has 0 radical (unpaired) electrons. The molecule has 0 aliphatic carbocycles. The smallest absolute Gasteiger partial charge is 0.123 e. The molecule has 6 nitrogen and oxygen atoms in total. The van der Waals surface area contributed by atoms with Crippen LogP contribution < -0.4 is 9.47 Å². The van der Waals surface area contributed by atoms with E-state index >= 15 is 0 Å². The van der Waals surface area contributed by atoms with Crippen molar-refractivity contribution in [1.82, 2.24) is 9.80 Å². The predicted octanol–water partition coefficient (Wildman–Crippen LogP) is 11.4. The summed E-state index contributed by atoms with van der Waals surface area (Å²) in [6, 6.07) is 64.0. The Labute approximate surface area is 353 Å². The van der Waals surface area contributed by atoms with E-state index in [0.29, 0.717) is 52.7 Å². The highest BCUT2D eigenvalue weighted by Crippen LogP contribution is 2.32. The van der Waals surface area contributed by atoms with Crippen molar-refractivity contribution in [3.8, 4) is 11.5 Å². The SMILES string of the molecule is c1ccc(CN2Cc3ccccc3OCCOc3ccccc3CN(Cc3ccccc3)[C@@H](c3ccccc3)COCc3ccc(s3)COC[C@@H]2c2ccccc2)cc1. The third-order valence-electron chi connectivity index (χ3n) is 10.8. The highest BCUT2D eigenvalue weighted by atomic mass is 32.1. The molecule has 59 heavy (non-hydrogen) atoms. The maximum atomic E-state index is 6.63. The maximum absolute atomic E-state index is 6.63. The lowest BCUT2D eigenvalue weighted by atomic mass is 10.0. The Hall–Kier alpha value is -5.54. The zero-order valence-electron chi connectivity index (χ0n) is 33.5. The van der Waals surface area contributed by atoms with Gasteiger partial charge in [-0.25, -0.2) is 0 Å². The Balaban J connectivity index is 1.11. The van der Waals surface area contributed by atoms with Gasteiger partial charge in [0.15, 0.2) is 0 Å². The highest BCUT2D eigenvalue weighted by Gasteiger charge is 2.25. The minimum absolute atomic E-state index is 0.00224. The molecule has 0 saturated carbocycles. The van der Waals surface area contributed by atoms with Gasteiger partial charge in [0, 0.05) is 47.1 Å². The van der Waals surface area contributed by atoms with E-state index < -0.39 is 0 Å². The van der Waals surface area contributed by atoms with Crippen LogP contribution in [-0.2, 0) is 48.9 Å². The van der Waals surface area contributed by atoms with Gasteiger partial charge in [-0.05, 0) is 46.5 Å². The Morgan fingerprint density at radius 2 is 0.797 bits per heavy atom. The lowest BCUT2D eigenvalue weighted by Gasteiger charge is -2.33. The molecule has 2 heterocycles. The zero-order valence-corrected chi connectivity index (χ0v) is 34.3. The first-order valence-electron chi connectivity index (χ1n) is 20.6. The Morgan fingerprint density at radius 1 is 0.424 bits per heavy atom. The molecule has 0 amide bonds. The van der Waals surface area contributed by atoms with Crippen molar-refractivity contribution in [2.45, 2.75) is 51.5 Å². The van der Waals surface area contributed by atoms with Gasteiger partial charge in [0.25, 0.3) is 0 Å². The summed E-state index contributed by atoms with van der Waals surface area (Å²) in [6.07, 6.45) is 0. The van der Waals surface area contributed by atoms with Gasteiger partial charge in [-0.3, -0.25) is 9.80 Å². The molecular formula is C52H52N2O4S. The van der Waals surface area contributed by atoms with E-state index in [0.717, 1.165) is 35.7 Å². The van der Waals surface area contributed by atoms with Crippen molar-refractivity contribution in [1.29, 1.82) is 0 Å². The maximum Gasteiger partial charge on any atom is 0.123 e. The van der Waals surface area contributed by atoms with Crippen molar-refractivity contribution < 1.29 is 18.9 Å². The first-order chi connectivity index (χ1) is 29.2. The lowest BCUT2D eigenvalue weighted by Crippen LogP contribution is -2.31. The largest absolute Gasteiger partial charge is 0.490 e. The molecule has 8 rings (SSSR count). The number of hydrogen-bond donors (Lipinski definition) is 0. The molecule has 1 aliphatic heterocycles. The van der Waals surface area contributed by atoms with Crippen molar-refractivity contribution in [2.24, 2.45) is 0 Å². The van der Waals surface area contributed by atoms with E-state index in [1.165, 1.54) is 32.0 Å². The molecule has 0 saturated heterocycles. The van der Waals surface area contributed by atoms with Gasteiger partial charge in [0.2, 0.25) is 0 Å². The fraction of sp³-hybridized carbons (Fsp3) is 0.231. The first kappa shape index (κ1) is 40.2. The second-order valence-electron chi connectivity index (χ2n) is 14.9. The summed E-state index contributed by atoms with van der Waals surface area (Å²) in [6.45, 7) is 5.81. The van der Waals surface area contributed by atoms with Crippen LogP contribution in [0.3, 0.4) is 0 Å². The van der Waals surface area contributed by atoms with Crippen LogP contribution in [0, 0.1) is 0 Å². The van der Waals surface area contributed by atoms with Crippen LogP contribution in [0.15, 0.2) is 182 Å². The number of rotatable bonds is 6. The molecule has 7 aromatic rings. The van der Waals surface area contributed by atoms with Gasteiger partial charge in [-0.15, -0.1) is 11.3 Å². The second-order valence-corrected chi connectivity index (χ2v) is 16.2. The molecule has 0 N–H and O–H groups in total. The van der Waals surface area contributed by atoms with Crippen molar-refractivity contribution in [2.75, 3.05) is 26.4 Å². The van der Waals surface area contributed by atoms with Crippen LogP contribution in [-0.4, -0.2) is 36.2 Å². The average molecular weight is 801 g/mol. The minimum Gasteiger partial charge on any atom is -0.490 e. The third-order valence-corrected chi connectivity index (χ3v) is 11.8. The standard InChI is InChI=1S/C52H52N2O4S/c1-5-17-41(18-6-1)33-53-35-45-25-13-15-27-51(45)57-31-32-58-52-28-16-14-26-46(52)36-54(34-42-19-7-2-8-20-42)50(44-23-11-4-12-24-44)40-56-38-48-30-29-47(59-48)37-55-39-49(53)43-21-9-3-10-22-43/h1-30,49-50H,31-40H2/t49-,50-/m1/s1. The summed E-state index contributed by atoms with van der Waals surface area (Å²) in [5.74, 6) is 1.72. The Kier molecular flexibility index (Phi) is 14.3. The topological polar surface area (TPSA) is 43.4 Å². The monoisotopic (exact) mass is 800 g/mol. The summed E-state index contributed by atoms with van der Waals surface area (Å²) in [4.78, 5) is 7.38. The molecule has 2 bridgehead atoms. The number of para-hydroxylation sites is 2. The molecule has 1 aromatic heterocycles. The number of nitrogens with zero attached hydrogens (tertiary/aromatic N) is 2. The van der Waals surface area contributed by atoms with E-state index in [9.17, 15) is 0 Å². The van der Waals surface area contributed by atoms with Gasteiger partial charge in [0.1, 0.15) is 24.7 Å². The van der Waals surface area contributed by atoms with E-state index in [-0.39, 0.29) is 12.1 Å². The van der Waals surface area contributed by atoms with E-state index in [1.807, 2.05) is 12.1 Å². The fourth-order valence-corrected chi connectivity index (χ4v) is 8.67. The molecule has 2 atom stereocenters. The van der Waals surface area contributed by atoms with Crippen molar-refractivity contribution >= 4 is 11.3 Å². The van der Waals surface area contributed by atoms with Gasteiger partial charge in [-0.1, -0.05) is 158 Å². The van der Waals surface area contributed by atoms with Gasteiger partial charge in [-0.2, -0.15) is 0 Å². The van der Waals surface area contributed by atoms with E-state index in [2.05, 4.69) is 180 Å². The minimum atomic E-state index is 0.00224. The number of ether oxygens (including phenoxy) is 4. The summed E-state index contributed by atoms with van der Waals surface area (Å²) in [7, 11) is 0. The third kappa shape index (κ3) is 11.4. The van der Waals surface area contributed by atoms with Crippen LogP contribution in [0.4, 0.5) is 0 Å². The van der Waals surface area contributed by atoms with Gasteiger partial charge in [0.05, 0.1) is 38.5 Å². The molecule has 7 heteroatoms. The normalized spacial score (nSPS) is 17.8. The van der Waals surface area contributed by atoms with Crippen LogP contribution in [0.1, 0.15) is 55.2 Å². The average Bonchev–Trinajstić information content (AvgIpc) is 3.74. The van der Waals surface area contributed by atoms with Gasteiger partial charge >= 0.3 is 0 Å². The van der Waals surface area contributed by atoms with E-state index in [1.54, 1.807) is 11.3 Å². The molecule has 1 aliphatic rings. The van der Waals surface area contributed by atoms with E-state index in [4.69, 9.17) is 18.9 Å². The summed E-state index contributed by atoms with van der Waals surface area (Å²) >= 11 is 1.76. The molecule has 6 aromatic carbocycles. The molecule has 0 unspecified atom stereocenters. The number of thiophene rings is 1. The summed E-state index contributed by atoms with van der Waals surface area (Å²) in [5.41, 5.74) is 7.17. The summed E-state index contributed by atoms with van der Waals surface area (Å²) < 4.78 is 26.4. The Bertz CT molecular complexity index is 2130. The number of hydrogen-bond acceptors (Lipinski definition) is 7. The highest BCUT2D eigenvalue weighted by molar-refractivity contribution is 7.11. The number of benzene rings is 6. The van der Waals surface area contributed by atoms with Crippen LogP contribution in [0.2, 0.25) is 0 Å². The van der Waals surface area contributed by atoms with Gasteiger partial charge < -0.3 is 18.9 Å². The molecular weight excluding hydrogens is 749 g/mol. The molecule has 300 valence electrons. The van der Waals surface area contributed by atoms with Crippen LogP contribution in [0.25, 0.3) is 0 Å². The molecule has 0 spiro atoms. The second kappa shape index (κ2) is 20.9. The first-order valence-corrected chi connectivity index (χ1v) is 21.4. The Morgan fingerprint density at radius 3 is 1.22 bits per heavy atom. The van der Waals surface area contributed by atoms with Crippen LogP contribution >= 0.6 is 11.3 Å². The molecule has 0 fully saturated rings. The zero-order chi connectivity index (χ0) is 39.9. The van der Waals surface area contributed by atoms with Crippen molar-refractivity contribution in [3.63, 3.8) is 0 Å². The fourth-order valence-electron chi connectivity index (χ4n) is 7.77. The summed E-state index contributed by atoms with van der Waals surface area (Å²) in [5, 5.41) is 0. The predicted molar refractivity (Wildman–Crippen MR) is 237 cm³/mol. The quantitative estimate of drug-likeness (QED) is 0.167.